The lowest BCUT2D eigenvalue weighted by Gasteiger charge is -2.25. The molecule has 1 saturated heterocycles. The van der Waals surface area contributed by atoms with Crippen LogP contribution >= 0.6 is 0 Å². The third-order valence-corrected chi connectivity index (χ3v) is 4.60. The number of benzene rings is 2. The highest BCUT2D eigenvalue weighted by Crippen LogP contribution is 2.40. The van der Waals surface area contributed by atoms with Crippen molar-refractivity contribution in [1.29, 1.82) is 0 Å². The van der Waals surface area contributed by atoms with Gasteiger partial charge in [0, 0.05) is 24.8 Å². The van der Waals surface area contributed by atoms with Gasteiger partial charge in [-0.25, -0.2) is 4.39 Å². The first kappa shape index (κ1) is 18.8. The predicted octanol–water partition coefficient (Wildman–Crippen LogP) is 3.20. The third-order valence-electron chi connectivity index (χ3n) is 4.60. The number of likely N-dealkylation sites (tertiary alicyclic amines) is 1. The van der Waals surface area contributed by atoms with Gasteiger partial charge in [0.25, 0.3) is 11.7 Å². The van der Waals surface area contributed by atoms with E-state index in [9.17, 15) is 19.1 Å². The molecule has 1 aliphatic heterocycles. The van der Waals surface area contributed by atoms with Crippen molar-refractivity contribution < 1.29 is 23.8 Å². The van der Waals surface area contributed by atoms with Crippen molar-refractivity contribution in [2.75, 3.05) is 20.3 Å². The van der Waals surface area contributed by atoms with Crippen LogP contribution in [0.4, 0.5) is 4.39 Å². The zero-order chi connectivity index (χ0) is 19.6. The molecule has 0 radical (unpaired) electrons. The van der Waals surface area contributed by atoms with Crippen LogP contribution in [0, 0.1) is 12.7 Å². The normalized spacial score (nSPS) is 18.9. The lowest BCUT2D eigenvalue weighted by molar-refractivity contribution is -0.140. The molecule has 2 aromatic carbocycles. The van der Waals surface area contributed by atoms with Crippen molar-refractivity contribution in [3.63, 3.8) is 0 Å². The van der Waals surface area contributed by atoms with Crippen LogP contribution in [0.15, 0.2) is 54.1 Å². The zero-order valence-electron chi connectivity index (χ0n) is 15.1. The fourth-order valence-electron chi connectivity index (χ4n) is 3.19. The van der Waals surface area contributed by atoms with Crippen LogP contribution in [0.25, 0.3) is 5.76 Å². The molecule has 6 heteroatoms. The molecule has 0 aromatic heterocycles. The number of carbonyl (C=O) groups is 2. The molecule has 1 N–H and O–H groups in total. The SMILES string of the molecule is COCCN1C(=O)C(=O)C(=C(O)c2ccc(C)cc2)[C@@H]1c1ccccc1F. The van der Waals surface area contributed by atoms with E-state index in [2.05, 4.69) is 0 Å². The van der Waals surface area contributed by atoms with Gasteiger partial charge in [0.05, 0.1) is 18.2 Å². The van der Waals surface area contributed by atoms with Gasteiger partial charge in [0.1, 0.15) is 11.6 Å². The van der Waals surface area contributed by atoms with Crippen LogP contribution in [0.1, 0.15) is 22.7 Å². The highest BCUT2D eigenvalue weighted by Gasteiger charge is 2.46. The number of rotatable bonds is 5. The number of hydrogen-bond donors (Lipinski definition) is 1. The van der Waals surface area contributed by atoms with Gasteiger partial charge in [-0.15, -0.1) is 0 Å². The lowest BCUT2D eigenvalue weighted by Crippen LogP contribution is -2.33. The molecule has 5 nitrogen and oxygen atoms in total. The van der Waals surface area contributed by atoms with Crippen LogP contribution in [0.3, 0.4) is 0 Å². The van der Waals surface area contributed by atoms with E-state index < -0.39 is 23.5 Å². The van der Waals surface area contributed by atoms with Crippen molar-refractivity contribution in [2.45, 2.75) is 13.0 Å². The summed E-state index contributed by atoms with van der Waals surface area (Å²) in [6, 6.07) is 11.8. The number of halogens is 1. The monoisotopic (exact) mass is 369 g/mol. The average molecular weight is 369 g/mol. The Bertz CT molecular complexity index is 905. The van der Waals surface area contributed by atoms with Crippen molar-refractivity contribution >= 4 is 17.4 Å². The van der Waals surface area contributed by atoms with Crippen LogP contribution in [0.5, 0.6) is 0 Å². The van der Waals surface area contributed by atoms with Crippen LogP contribution in [-0.2, 0) is 14.3 Å². The first-order valence-electron chi connectivity index (χ1n) is 8.54. The molecule has 0 unspecified atom stereocenters. The summed E-state index contributed by atoms with van der Waals surface area (Å²) >= 11 is 0. The number of hydrogen-bond acceptors (Lipinski definition) is 4. The molecule has 27 heavy (non-hydrogen) atoms. The van der Waals surface area contributed by atoms with E-state index in [0.29, 0.717) is 5.56 Å². The lowest BCUT2D eigenvalue weighted by atomic mass is 9.94. The number of carbonyl (C=O) groups excluding carboxylic acids is 2. The van der Waals surface area contributed by atoms with Gasteiger partial charge in [-0.3, -0.25) is 9.59 Å². The molecule has 1 heterocycles. The largest absolute Gasteiger partial charge is 0.507 e. The Kier molecular flexibility index (Phi) is 5.37. The van der Waals surface area contributed by atoms with Crippen molar-refractivity contribution in [3.05, 3.63) is 76.6 Å². The molecule has 0 spiro atoms. The van der Waals surface area contributed by atoms with Gasteiger partial charge in [-0.2, -0.15) is 0 Å². The Labute approximate surface area is 156 Å². The summed E-state index contributed by atoms with van der Waals surface area (Å²) in [5.41, 5.74) is 1.41. The van der Waals surface area contributed by atoms with Gasteiger partial charge in [0.15, 0.2) is 0 Å². The van der Waals surface area contributed by atoms with E-state index in [1.807, 2.05) is 6.92 Å². The number of Topliss-reactive ketones (excluding diaryl/α,β-unsaturated/α-hetero) is 1. The van der Waals surface area contributed by atoms with Gasteiger partial charge in [0.2, 0.25) is 0 Å². The Hall–Kier alpha value is -2.99. The van der Waals surface area contributed by atoms with Crippen molar-refractivity contribution in [2.24, 2.45) is 0 Å². The first-order valence-corrected chi connectivity index (χ1v) is 8.54. The molecule has 140 valence electrons. The number of methoxy groups -OCH3 is 1. The number of nitrogens with zero attached hydrogens (tertiary/aromatic N) is 1. The Morgan fingerprint density at radius 2 is 1.81 bits per heavy atom. The maximum absolute atomic E-state index is 14.5. The maximum atomic E-state index is 14.5. The van der Waals surface area contributed by atoms with E-state index in [4.69, 9.17) is 4.74 Å². The summed E-state index contributed by atoms with van der Waals surface area (Å²) in [5.74, 6) is -2.49. The number of ether oxygens (including phenoxy) is 1. The van der Waals surface area contributed by atoms with Crippen LogP contribution in [0.2, 0.25) is 0 Å². The first-order chi connectivity index (χ1) is 13.0. The summed E-state index contributed by atoms with van der Waals surface area (Å²) in [7, 11) is 1.47. The number of aryl methyl sites for hydroxylation is 1. The molecule has 1 atom stereocenters. The number of ketones is 1. The summed E-state index contributed by atoms with van der Waals surface area (Å²) in [6.45, 7) is 2.18. The molecular weight excluding hydrogens is 349 g/mol. The number of amides is 1. The smallest absolute Gasteiger partial charge is 0.295 e. The molecule has 2 aromatic rings. The minimum absolute atomic E-state index is 0.102. The van der Waals surface area contributed by atoms with Crippen molar-refractivity contribution in [1.82, 2.24) is 4.90 Å². The quantitative estimate of drug-likeness (QED) is 0.499. The van der Waals surface area contributed by atoms with Gasteiger partial charge in [-0.1, -0.05) is 48.0 Å². The number of aliphatic hydroxyl groups is 1. The Morgan fingerprint density at radius 1 is 1.15 bits per heavy atom. The third kappa shape index (κ3) is 3.48. The van der Waals surface area contributed by atoms with Crippen LogP contribution < -0.4 is 0 Å². The molecule has 1 amide bonds. The molecule has 0 aliphatic carbocycles. The second kappa shape index (κ2) is 7.72. The second-order valence-electron chi connectivity index (χ2n) is 6.37. The molecule has 3 rings (SSSR count). The molecule has 0 bridgehead atoms. The topological polar surface area (TPSA) is 66.8 Å². The van der Waals surface area contributed by atoms with E-state index in [-0.39, 0.29) is 30.0 Å². The molecule has 1 aliphatic rings. The summed E-state index contributed by atoms with van der Waals surface area (Å²) < 4.78 is 19.5. The van der Waals surface area contributed by atoms with Crippen molar-refractivity contribution in [3.8, 4) is 0 Å². The van der Waals surface area contributed by atoms with Gasteiger partial charge in [-0.05, 0) is 13.0 Å². The number of aliphatic hydroxyl groups excluding tert-OH is 1. The molecule has 1 fully saturated rings. The summed E-state index contributed by atoms with van der Waals surface area (Å²) in [4.78, 5) is 26.5. The Morgan fingerprint density at radius 3 is 2.44 bits per heavy atom. The maximum Gasteiger partial charge on any atom is 0.295 e. The second-order valence-corrected chi connectivity index (χ2v) is 6.37. The summed E-state index contributed by atoms with van der Waals surface area (Å²) in [5, 5.41) is 10.8. The van der Waals surface area contributed by atoms with Gasteiger partial charge >= 0.3 is 0 Å². The minimum atomic E-state index is -1.01. The molecular formula is C21H20FNO4. The van der Waals surface area contributed by atoms with Gasteiger partial charge < -0.3 is 14.7 Å². The van der Waals surface area contributed by atoms with Crippen LogP contribution in [-0.4, -0.2) is 42.0 Å². The highest BCUT2D eigenvalue weighted by atomic mass is 19.1. The van der Waals surface area contributed by atoms with E-state index in [1.165, 1.54) is 30.2 Å². The highest BCUT2D eigenvalue weighted by molar-refractivity contribution is 6.46. The fourth-order valence-corrected chi connectivity index (χ4v) is 3.19. The summed E-state index contributed by atoms with van der Waals surface area (Å²) in [6.07, 6.45) is 0. The fraction of sp³-hybridized carbons (Fsp3) is 0.238. The zero-order valence-corrected chi connectivity index (χ0v) is 15.1. The van der Waals surface area contributed by atoms with E-state index in [0.717, 1.165) is 5.56 Å². The Balaban J connectivity index is 2.18. The minimum Gasteiger partial charge on any atom is -0.507 e. The van der Waals surface area contributed by atoms with E-state index >= 15 is 0 Å². The average Bonchev–Trinajstić information content (AvgIpc) is 2.91. The predicted molar refractivity (Wildman–Crippen MR) is 98.5 cm³/mol. The van der Waals surface area contributed by atoms with E-state index in [1.54, 1.807) is 30.3 Å². The standard InChI is InChI=1S/C21H20FNO4/c1-13-7-9-14(10-8-13)19(24)17-18(15-5-3-4-6-16(15)22)23(11-12-27-2)21(26)20(17)25/h3-10,18,24H,11-12H2,1-2H3/t18-/m0/s1. The molecule has 0 saturated carbocycles.